The Hall–Kier alpha value is -3.71. The van der Waals surface area contributed by atoms with Gasteiger partial charge < -0.3 is 15.3 Å². The summed E-state index contributed by atoms with van der Waals surface area (Å²) in [5.41, 5.74) is 3.66. The number of aliphatic hydroxyl groups excluding tert-OH is 1. The summed E-state index contributed by atoms with van der Waals surface area (Å²) in [5.74, 6) is 0.490. The molecular weight excluding hydrogens is 450 g/mol. The summed E-state index contributed by atoms with van der Waals surface area (Å²) in [7, 11) is 0. The topological polar surface area (TPSA) is 80.1 Å². The molecule has 0 spiro atoms. The summed E-state index contributed by atoms with van der Waals surface area (Å²) in [6, 6.07) is 30.5. The molecule has 0 aliphatic rings. The number of nitrogens with zero attached hydrogens (tertiary/aromatic N) is 3. The maximum atomic E-state index is 11.2. The first kappa shape index (κ1) is 25.4. The van der Waals surface area contributed by atoms with Gasteiger partial charge in [-0.25, -0.2) is 0 Å². The third kappa shape index (κ3) is 7.65. The Balaban J connectivity index is 1.49. The zero-order valence-electron chi connectivity index (χ0n) is 20.3. The Kier molecular flexibility index (Phi) is 9.05. The molecule has 186 valence electrons. The number of hydrogen-bond donors (Lipinski definition) is 3. The van der Waals surface area contributed by atoms with Gasteiger partial charge in [-0.05, 0) is 29.8 Å². The standard InChI is InChI=1S/C30H33N3O3/c34-28(22-32(18-24-10-2-1-3-11-24)19-25-12-4-6-15-29(25)35)23-33(21-27-14-8-9-17-31-27)20-26-13-5-7-16-30(26)36/h1-17,28,34-36H,18-23H2. The summed E-state index contributed by atoms with van der Waals surface area (Å²) in [5, 5.41) is 31.9. The van der Waals surface area contributed by atoms with Crippen molar-refractivity contribution in [1.82, 2.24) is 14.8 Å². The van der Waals surface area contributed by atoms with Crippen LogP contribution in [-0.4, -0.2) is 49.3 Å². The van der Waals surface area contributed by atoms with Crippen LogP contribution < -0.4 is 0 Å². The molecule has 3 aromatic carbocycles. The number of benzene rings is 3. The van der Waals surface area contributed by atoms with E-state index in [2.05, 4.69) is 26.9 Å². The molecule has 4 rings (SSSR count). The lowest BCUT2D eigenvalue weighted by atomic mass is 10.1. The van der Waals surface area contributed by atoms with Crippen LogP contribution in [-0.2, 0) is 26.2 Å². The predicted octanol–water partition coefficient (Wildman–Crippen LogP) is 4.56. The van der Waals surface area contributed by atoms with E-state index in [1.807, 2.05) is 66.7 Å². The van der Waals surface area contributed by atoms with Crippen molar-refractivity contribution in [3.63, 3.8) is 0 Å². The second-order valence-electron chi connectivity index (χ2n) is 9.06. The maximum Gasteiger partial charge on any atom is 0.120 e. The Bertz CT molecular complexity index is 1110. The Labute approximate surface area is 212 Å². The third-order valence-electron chi connectivity index (χ3n) is 6.07. The molecule has 0 amide bonds. The fourth-order valence-corrected chi connectivity index (χ4v) is 4.36. The molecule has 0 aliphatic heterocycles. The highest BCUT2D eigenvalue weighted by molar-refractivity contribution is 5.32. The summed E-state index contributed by atoms with van der Waals surface area (Å²) in [4.78, 5) is 8.69. The van der Waals surface area contributed by atoms with Crippen molar-refractivity contribution in [1.29, 1.82) is 0 Å². The summed E-state index contributed by atoms with van der Waals surface area (Å²) in [6.45, 7) is 3.01. The van der Waals surface area contributed by atoms with Gasteiger partial charge in [-0.1, -0.05) is 72.8 Å². The molecule has 3 N–H and O–H groups in total. The van der Waals surface area contributed by atoms with Crippen LogP contribution >= 0.6 is 0 Å². The normalized spacial score (nSPS) is 12.2. The second-order valence-corrected chi connectivity index (χ2v) is 9.06. The molecule has 4 aromatic rings. The van der Waals surface area contributed by atoms with Crippen LogP contribution in [0.2, 0.25) is 0 Å². The smallest absolute Gasteiger partial charge is 0.120 e. The summed E-state index contributed by atoms with van der Waals surface area (Å²) < 4.78 is 0. The molecule has 6 nitrogen and oxygen atoms in total. The van der Waals surface area contributed by atoms with E-state index in [0.717, 1.165) is 22.4 Å². The minimum atomic E-state index is -0.658. The lowest BCUT2D eigenvalue weighted by molar-refractivity contribution is 0.0622. The average Bonchev–Trinajstić information content (AvgIpc) is 2.88. The highest BCUT2D eigenvalue weighted by atomic mass is 16.3. The molecule has 36 heavy (non-hydrogen) atoms. The van der Waals surface area contributed by atoms with Crippen molar-refractivity contribution >= 4 is 0 Å². The molecule has 1 atom stereocenters. The van der Waals surface area contributed by atoms with Gasteiger partial charge in [-0.3, -0.25) is 14.8 Å². The van der Waals surface area contributed by atoms with Crippen molar-refractivity contribution in [3.8, 4) is 11.5 Å². The number of phenols is 2. The van der Waals surface area contributed by atoms with E-state index in [9.17, 15) is 15.3 Å². The number of aromatic nitrogens is 1. The first-order valence-electron chi connectivity index (χ1n) is 12.2. The molecule has 0 fully saturated rings. The molecule has 1 heterocycles. The van der Waals surface area contributed by atoms with Gasteiger partial charge in [0.25, 0.3) is 0 Å². The minimum absolute atomic E-state index is 0.239. The van der Waals surface area contributed by atoms with E-state index in [4.69, 9.17) is 0 Å². The fraction of sp³-hybridized carbons (Fsp3) is 0.233. The molecule has 6 heteroatoms. The quantitative estimate of drug-likeness (QED) is 0.274. The third-order valence-corrected chi connectivity index (χ3v) is 6.07. The van der Waals surface area contributed by atoms with Crippen molar-refractivity contribution in [2.75, 3.05) is 13.1 Å². The highest BCUT2D eigenvalue weighted by Crippen LogP contribution is 2.21. The van der Waals surface area contributed by atoms with E-state index >= 15 is 0 Å². The Morgan fingerprint density at radius 2 is 1.11 bits per heavy atom. The largest absolute Gasteiger partial charge is 0.508 e. The van der Waals surface area contributed by atoms with Crippen LogP contribution in [0.1, 0.15) is 22.4 Å². The van der Waals surface area contributed by atoms with Crippen LogP contribution in [0, 0.1) is 0 Å². The number of aliphatic hydroxyl groups is 1. The molecule has 0 radical (unpaired) electrons. The van der Waals surface area contributed by atoms with Gasteiger partial charge in [0.2, 0.25) is 0 Å². The van der Waals surface area contributed by atoms with Crippen molar-refractivity contribution < 1.29 is 15.3 Å². The van der Waals surface area contributed by atoms with Crippen LogP contribution in [0.5, 0.6) is 11.5 Å². The van der Waals surface area contributed by atoms with Crippen molar-refractivity contribution in [2.24, 2.45) is 0 Å². The zero-order chi connectivity index (χ0) is 25.2. The van der Waals surface area contributed by atoms with Gasteiger partial charge in [0.05, 0.1) is 11.8 Å². The highest BCUT2D eigenvalue weighted by Gasteiger charge is 2.19. The maximum absolute atomic E-state index is 11.2. The van der Waals surface area contributed by atoms with Crippen LogP contribution in [0.4, 0.5) is 0 Å². The van der Waals surface area contributed by atoms with E-state index in [-0.39, 0.29) is 11.5 Å². The molecule has 1 aromatic heterocycles. The number of para-hydroxylation sites is 2. The van der Waals surface area contributed by atoms with E-state index in [1.54, 1.807) is 24.4 Å². The van der Waals surface area contributed by atoms with Gasteiger partial charge in [0.1, 0.15) is 11.5 Å². The number of pyridine rings is 1. The first-order valence-corrected chi connectivity index (χ1v) is 12.2. The summed E-state index contributed by atoms with van der Waals surface area (Å²) >= 11 is 0. The van der Waals surface area contributed by atoms with Gasteiger partial charge in [0.15, 0.2) is 0 Å². The SMILES string of the molecule is Oc1ccccc1CN(Cc1ccccc1)CC(O)CN(Cc1ccccn1)Cc1ccccc1O. The number of aromatic hydroxyl groups is 2. The number of hydrogen-bond acceptors (Lipinski definition) is 6. The van der Waals surface area contributed by atoms with Crippen LogP contribution in [0.3, 0.4) is 0 Å². The van der Waals surface area contributed by atoms with E-state index < -0.39 is 6.10 Å². The molecular formula is C30H33N3O3. The first-order chi connectivity index (χ1) is 17.6. The van der Waals surface area contributed by atoms with Gasteiger partial charge in [0, 0.05) is 56.6 Å². The predicted molar refractivity (Wildman–Crippen MR) is 141 cm³/mol. The zero-order valence-corrected chi connectivity index (χ0v) is 20.3. The van der Waals surface area contributed by atoms with Gasteiger partial charge in [-0.15, -0.1) is 0 Å². The van der Waals surface area contributed by atoms with Crippen LogP contribution in [0.25, 0.3) is 0 Å². The van der Waals surface area contributed by atoms with Crippen LogP contribution in [0.15, 0.2) is 103 Å². The molecule has 1 unspecified atom stereocenters. The van der Waals surface area contributed by atoms with Crippen molar-refractivity contribution in [3.05, 3.63) is 126 Å². The van der Waals surface area contributed by atoms with E-state index in [1.165, 1.54) is 0 Å². The lowest BCUT2D eigenvalue weighted by Gasteiger charge is -2.29. The van der Waals surface area contributed by atoms with Crippen molar-refractivity contribution in [2.45, 2.75) is 32.3 Å². The molecule has 0 bridgehead atoms. The molecule has 0 aliphatic carbocycles. The van der Waals surface area contributed by atoms with Gasteiger partial charge >= 0.3 is 0 Å². The fourth-order valence-electron chi connectivity index (χ4n) is 4.36. The minimum Gasteiger partial charge on any atom is -0.508 e. The monoisotopic (exact) mass is 483 g/mol. The molecule has 0 saturated heterocycles. The Morgan fingerprint density at radius 1 is 0.583 bits per heavy atom. The Morgan fingerprint density at radius 3 is 1.67 bits per heavy atom. The number of phenolic OH excluding ortho intramolecular Hbond substituents is 2. The average molecular weight is 484 g/mol. The van der Waals surface area contributed by atoms with E-state index in [0.29, 0.717) is 39.3 Å². The lowest BCUT2D eigenvalue weighted by Crippen LogP contribution is -2.39. The van der Waals surface area contributed by atoms with Gasteiger partial charge in [-0.2, -0.15) is 0 Å². The summed E-state index contributed by atoms with van der Waals surface area (Å²) in [6.07, 6.45) is 1.10. The number of rotatable bonds is 12. The molecule has 0 saturated carbocycles. The second kappa shape index (κ2) is 12.8.